The van der Waals surface area contributed by atoms with Crippen LogP contribution in [0.5, 0.6) is 0 Å². The van der Waals surface area contributed by atoms with E-state index in [1.165, 1.54) is 17.8 Å². The van der Waals surface area contributed by atoms with Gasteiger partial charge < -0.3 is 15.2 Å². The van der Waals surface area contributed by atoms with Crippen LogP contribution in [0.15, 0.2) is 29.1 Å². The highest BCUT2D eigenvalue weighted by atomic mass is 35.5. The number of pyridine rings is 1. The molecule has 2 N–H and O–H groups in total. The van der Waals surface area contributed by atoms with E-state index in [1.54, 1.807) is 35.9 Å². The average molecular weight is 430 g/mol. The molecule has 1 aromatic carbocycles. The maximum Gasteiger partial charge on any atom is 0.271 e. The summed E-state index contributed by atoms with van der Waals surface area (Å²) in [6.07, 6.45) is 2.29. The maximum atomic E-state index is 12.5. The molecular weight excluding hydrogens is 406 g/mol. The Bertz CT molecular complexity index is 1090. The van der Waals surface area contributed by atoms with Crippen molar-refractivity contribution in [3.05, 3.63) is 50.2 Å². The summed E-state index contributed by atoms with van der Waals surface area (Å²) in [4.78, 5) is 20.1. The Hall–Kier alpha value is -2.56. The number of thiazole rings is 1. The van der Waals surface area contributed by atoms with E-state index < -0.39 is 0 Å². The molecule has 0 bridgehead atoms. The molecule has 0 amide bonds. The molecule has 4 rings (SSSR count). The number of halogens is 1. The molecule has 1 fully saturated rings. The second-order valence-electron chi connectivity index (χ2n) is 7.33. The van der Waals surface area contributed by atoms with Crippen molar-refractivity contribution in [2.24, 2.45) is 13.0 Å². The van der Waals surface area contributed by atoms with Gasteiger partial charge in [0, 0.05) is 30.8 Å². The lowest BCUT2D eigenvalue weighted by Crippen LogP contribution is -2.36. The molecule has 1 saturated heterocycles. The van der Waals surface area contributed by atoms with Gasteiger partial charge in [0.25, 0.3) is 5.56 Å². The summed E-state index contributed by atoms with van der Waals surface area (Å²) in [7, 11) is 1.71. The van der Waals surface area contributed by atoms with Crippen LogP contribution in [0.4, 0.5) is 11.4 Å². The van der Waals surface area contributed by atoms with Gasteiger partial charge in [-0.25, -0.2) is 4.98 Å². The number of benzene rings is 1. The molecule has 0 aliphatic carbocycles. The quantitative estimate of drug-likeness (QED) is 0.581. The predicted octanol–water partition coefficient (Wildman–Crippen LogP) is 4.33. The smallest absolute Gasteiger partial charge is 0.271 e. The maximum absolute atomic E-state index is 12.5. The number of aryl methyl sites for hydroxylation is 2. The van der Waals surface area contributed by atoms with Gasteiger partial charge in [-0.2, -0.15) is 5.26 Å². The Morgan fingerprint density at radius 3 is 2.62 bits per heavy atom. The van der Waals surface area contributed by atoms with Gasteiger partial charge in [-0.15, -0.1) is 11.3 Å². The zero-order chi connectivity index (χ0) is 21.1. The van der Waals surface area contributed by atoms with Crippen LogP contribution >= 0.6 is 22.9 Å². The van der Waals surface area contributed by atoms with E-state index in [2.05, 4.69) is 22.9 Å². The van der Waals surface area contributed by atoms with Gasteiger partial charge >= 0.3 is 0 Å². The van der Waals surface area contributed by atoms with Crippen LogP contribution < -0.4 is 16.2 Å². The van der Waals surface area contributed by atoms with Gasteiger partial charge in [0.05, 0.1) is 10.7 Å². The van der Waals surface area contributed by atoms with Gasteiger partial charge in [-0.3, -0.25) is 4.79 Å². The molecule has 0 saturated carbocycles. The number of hydrogen-bond donors (Lipinski definition) is 1. The number of nitrogens with two attached hydrogens (primary N) is 1. The van der Waals surface area contributed by atoms with Gasteiger partial charge in [0.1, 0.15) is 22.0 Å². The highest BCUT2D eigenvalue weighted by Crippen LogP contribution is 2.33. The normalized spacial score (nSPS) is 16.2. The number of piperidine rings is 1. The molecule has 8 heteroatoms. The average Bonchev–Trinajstić information content (AvgIpc) is 3.08. The van der Waals surface area contributed by atoms with Crippen LogP contribution in [0.3, 0.4) is 0 Å². The van der Waals surface area contributed by atoms with Crippen LogP contribution in [-0.2, 0) is 7.05 Å². The summed E-state index contributed by atoms with van der Waals surface area (Å²) in [5, 5.41) is 11.1. The van der Waals surface area contributed by atoms with Crippen molar-refractivity contribution in [1.82, 2.24) is 9.55 Å². The number of hydrogen-bond acceptors (Lipinski definition) is 6. The molecule has 0 spiro atoms. The lowest BCUT2D eigenvalue weighted by molar-refractivity contribution is 0.447. The van der Waals surface area contributed by atoms with E-state index in [0.29, 0.717) is 5.92 Å². The lowest BCUT2D eigenvalue weighted by atomic mass is 9.99. The Morgan fingerprint density at radius 2 is 2.03 bits per heavy atom. The summed E-state index contributed by atoms with van der Waals surface area (Å²) >= 11 is 7.06. The van der Waals surface area contributed by atoms with E-state index in [4.69, 9.17) is 17.3 Å². The van der Waals surface area contributed by atoms with Crippen molar-refractivity contribution in [1.29, 1.82) is 5.26 Å². The summed E-state index contributed by atoms with van der Waals surface area (Å²) < 4.78 is 1.55. The van der Waals surface area contributed by atoms with Crippen molar-refractivity contribution in [3.63, 3.8) is 0 Å². The summed E-state index contributed by atoms with van der Waals surface area (Å²) in [5.41, 5.74) is 7.66. The Morgan fingerprint density at radius 1 is 1.34 bits per heavy atom. The number of nitrogen functional groups attached to an aromatic ring is 1. The third-order valence-corrected chi connectivity index (χ3v) is 6.25. The first-order chi connectivity index (χ1) is 13.8. The molecule has 3 aromatic rings. The zero-order valence-electron chi connectivity index (χ0n) is 16.8. The van der Waals surface area contributed by atoms with E-state index in [1.807, 2.05) is 6.92 Å². The van der Waals surface area contributed by atoms with Gasteiger partial charge in [0.2, 0.25) is 0 Å². The summed E-state index contributed by atoms with van der Waals surface area (Å²) in [5.74, 6) is 0.573. The first-order valence-corrected chi connectivity index (χ1v) is 10.7. The van der Waals surface area contributed by atoms with Crippen LogP contribution in [0, 0.1) is 24.2 Å². The monoisotopic (exact) mass is 429 g/mol. The first kappa shape index (κ1) is 21.2. The van der Waals surface area contributed by atoms with Gasteiger partial charge in [-0.1, -0.05) is 18.5 Å². The number of rotatable bonds is 1. The minimum Gasteiger partial charge on any atom is -0.399 e. The SMILES string of the molecule is Cc1nc2c(N3CCCC(C)C3)c(C#N)c(=O)n(C)c2s1.Nc1ccc(Cl)cc1. The molecule has 6 nitrogen and oxygen atoms in total. The van der Waals surface area contributed by atoms with Crippen molar-refractivity contribution >= 4 is 44.7 Å². The minimum atomic E-state index is -0.220. The fraction of sp³-hybridized carbons (Fsp3) is 0.381. The number of nitriles is 1. The fourth-order valence-electron chi connectivity index (χ4n) is 3.54. The first-order valence-electron chi connectivity index (χ1n) is 9.48. The Balaban J connectivity index is 0.000000252. The highest BCUT2D eigenvalue weighted by Gasteiger charge is 2.26. The molecule has 1 aliphatic heterocycles. The second kappa shape index (κ2) is 8.85. The van der Waals surface area contributed by atoms with Crippen LogP contribution in [0.2, 0.25) is 5.02 Å². The molecule has 152 valence electrons. The lowest BCUT2D eigenvalue weighted by Gasteiger charge is -2.33. The molecule has 29 heavy (non-hydrogen) atoms. The summed E-state index contributed by atoms with van der Waals surface area (Å²) in [6, 6.07) is 9.16. The van der Waals surface area contributed by atoms with Crippen molar-refractivity contribution in [3.8, 4) is 6.07 Å². The van der Waals surface area contributed by atoms with Gasteiger partial charge in [-0.05, 0) is 49.9 Å². The number of anilines is 2. The highest BCUT2D eigenvalue weighted by molar-refractivity contribution is 7.18. The number of fused-ring (bicyclic) bond motifs is 1. The third kappa shape index (κ3) is 4.55. The largest absolute Gasteiger partial charge is 0.399 e. The van der Waals surface area contributed by atoms with Gasteiger partial charge in [0.15, 0.2) is 0 Å². The van der Waals surface area contributed by atoms with Crippen molar-refractivity contribution < 1.29 is 0 Å². The molecular formula is C21H24ClN5OS. The van der Waals surface area contributed by atoms with Crippen LogP contribution in [0.1, 0.15) is 30.3 Å². The van der Waals surface area contributed by atoms with Crippen molar-refractivity contribution in [2.75, 3.05) is 23.7 Å². The molecule has 0 radical (unpaired) electrons. The Kier molecular flexibility index (Phi) is 6.46. The topological polar surface area (TPSA) is 87.9 Å². The van der Waals surface area contributed by atoms with E-state index in [9.17, 15) is 10.1 Å². The van der Waals surface area contributed by atoms with Crippen LogP contribution in [-0.4, -0.2) is 22.6 Å². The zero-order valence-corrected chi connectivity index (χ0v) is 18.3. The third-order valence-electron chi connectivity index (χ3n) is 4.96. The second-order valence-corrected chi connectivity index (χ2v) is 8.95. The number of aromatic nitrogens is 2. The molecule has 1 atom stereocenters. The van der Waals surface area contributed by atoms with E-state index in [0.717, 1.165) is 51.3 Å². The summed E-state index contributed by atoms with van der Waals surface area (Å²) in [6.45, 7) is 5.91. The Labute approximate surface area is 179 Å². The molecule has 1 aliphatic rings. The fourth-order valence-corrected chi connectivity index (χ4v) is 4.54. The molecule has 1 unspecified atom stereocenters. The van der Waals surface area contributed by atoms with E-state index >= 15 is 0 Å². The predicted molar refractivity (Wildman–Crippen MR) is 121 cm³/mol. The van der Waals surface area contributed by atoms with Crippen molar-refractivity contribution in [2.45, 2.75) is 26.7 Å². The minimum absolute atomic E-state index is 0.220. The van der Waals surface area contributed by atoms with Crippen LogP contribution in [0.25, 0.3) is 10.3 Å². The van der Waals surface area contributed by atoms with E-state index in [-0.39, 0.29) is 11.1 Å². The number of nitrogens with zero attached hydrogens (tertiary/aromatic N) is 4. The standard InChI is InChI=1S/C15H18N4OS.C6H6ClN/c1-9-5-4-6-19(8-9)13-11(7-16)14(20)18(3)15-12(13)17-10(2)21-15;7-5-1-3-6(8)4-2-5/h9H,4-6,8H2,1-3H3;1-4H,8H2. The molecule has 2 aromatic heterocycles. The molecule has 3 heterocycles.